The minimum atomic E-state index is -0.336. The zero-order chi connectivity index (χ0) is 14.8. The number of benzene rings is 1. The fourth-order valence-electron chi connectivity index (χ4n) is 1.79. The highest BCUT2D eigenvalue weighted by atomic mass is 16.5. The summed E-state index contributed by atoms with van der Waals surface area (Å²) in [6, 6.07) is 7.62. The predicted octanol–water partition coefficient (Wildman–Crippen LogP) is 2.61. The number of amides is 1. The molecule has 1 aromatic carbocycles. The van der Waals surface area contributed by atoms with Crippen LogP contribution in [0, 0.1) is 0 Å². The van der Waals surface area contributed by atoms with Gasteiger partial charge in [0.15, 0.2) is 0 Å². The van der Waals surface area contributed by atoms with Crippen molar-refractivity contribution in [1.82, 2.24) is 5.32 Å². The highest BCUT2D eigenvalue weighted by Crippen LogP contribution is 2.13. The van der Waals surface area contributed by atoms with E-state index in [-0.39, 0.29) is 11.9 Å². The van der Waals surface area contributed by atoms with E-state index in [4.69, 9.17) is 10.5 Å². The van der Waals surface area contributed by atoms with Crippen LogP contribution in [-0.2, 0) is 11.3 Å². The molecule has 1 atom stereocenters. The lowest BCUT2D eigenvalue weighted by molar-refractivity contribution is -0.119. The number of primary amides is 1. The van der Waals surface area contributed by atoms with Crippen LogP contribution in [-0.4, -0.2) is 18.6 Å². The van der Waals surface area contributed by atoms with E-state index < -0.39 is 0 Å². The van der Waals surface area contributed by atoms with Gasteiger partial charge in [0, 0.05) is 6.54 Å². The smallest absolute Gasteiger partial charge is 0.234 e. The number of nitrogens with two attached hydrogens (primary N) is 1. The third-order valence-corrected chi connectivity index (χ3v) is 3.23. The number of unbranched alkanes of at least 4 members (excludes halogenated alkanes) is 3. The maximum atomic E-state index is 10.9. The van der Waals surface area contributed by atoms with Gasteiger partial charge in [0.05, 0.1) is 12.6 Å². The summed E-state index contributed by atoms with van der Waals surface area (Å²) >= 11 is 0. The van der Waals surface area contributed by atoms with E-state index in [2.05, 4.69) is 12.2 Å². The molecule has 0 heterocycles. The number of ether oxygens (including phenoxy) is 1. The lowest BCUT2D eigenvalue weighted by atomic mass is 10.2. The summed E-state index contributed by atoms with van der Waals surface area (Å²) in [5.41, 5.74) is 6.30. The largest absolute Gasteiger partial charge is 0.494 e. The van der Waals surface area contributed by atoms with Crippen LogP contribution in [0.5, 0.6) is 5.75 Å². The second-order valence-electron chi connectivity index (χ2n) is 5.06. The van der Waals surface area contributed by atoms with Crippen molar-refractivity contribution < 1.29 is 9.53 Å². The summed E-state index contributed by atoms with van der Waals surface area (Å²) in [4.78, 5) is 10.9. The Labute approximate surface area is 121 Å². The molecular formula is C16H26N2O2. The molecule has 1 aromatic rings. The second kappa shape index (κ2) is 9.37. The standard InChI is InChI=1S/C16H26N2O2/c1-3-4-5-6-11-20-15-9-7-14(8-10-15)12-18-13(2)16(17)19/h7-10,13,18H,3-6,11-12H2,1-2H3,(H2,17,19)/t13-/m0/s1. The fraction of sp³-hybridized carbons (Fsp3) is 0.562. The molecule has 0 aliphatic carbocycles. The Balaban J connectivity index is 2.27. The lowest BCUT2D eigenvalue weighted by Crippen LogP contribution is -2.38. The minimum absolute atomic E-state index is 0.315. The van der Waals surface area contributed by atoms with Gasteiger partial charge in [-0.25, -0.2) is 0 Å². The zero-order valence-electron chi connectivity index (χ0n) is 12.5. The SMILES string of the molecule is CCCCCCOc1ccc(CN[C@@H](C)C(N)=O)cc1. The van der Waals surface area contributed by atoms with Crippen LogP contribution < -0.4 is 15.8 Å². The number of hydrogen-bond acceptors (Lipinski definition) is 3. The van der Waals surface area contributed by atoms with Crippen LogP contribution in [0.1, 0.15) is 45.1 Å². The van der Waals surface area contributed by atoms with E-state index in [0.29, 0.717) is 6.54 Å². The molecule has 0 bridgehead atoms. The van der Waals surface area contributed by atoms with E-state index in [1.54, 1.807) is 6.92 Å². The summed E-state index contributed by atoms with van der Waals surface area (Å²) in [6.45, 7) is 5.36. The quantitative estimate of drug-likeness (QED) is 0.647. The van der Waals surface area contributed by atoms with Gasteiger partial charge >= 0.3 is 0 Å². The highest BCUT2D eigenvalue weighted by Gasteiger charge is 2.06. The van der Waals surface area contributed by atoms with Gasteiger partial charge in [0.1, 0.15) is 5.75 Å². The molecule has 1 amide bonds. The van der Waals surface area contributed by atoms with Crippen LogP contribution in [0.25, 0.3) is 0 Å². The molecule has 4 heteroatoms. The van der Waals surface area contributed by atoms with E-state index in [0.717, 1.165) is 24.3 Å². The van der Waals surface area contributed by atoms with Crippen molar-refractivity contribution in [1.29, 1.82) is 0 Å². The Hall–Kier alpha value is -1.55. The first kappa shape index (κ1) is 16.5. The van der Waals surface area contributed by atoms with Gasteiger partial charge in [-0.05, 0) is 31.0 Å². The minimum Gasteiger partial charge on any atom is -0.494 e. The molecule has 0 aliphatic heterocycles. The number of carbonyl (C=O) groups excluding carboxylic acids is 1. The second-order valence-corrected chi connectivity index (χ2v) is 5.06. The molecule has 4 nitrogen and oxygen atoms in total. The highest BCUT2D eigenvalue weighted by molar-refractivity contribution is 5.79. The van der Waals surface area contributed by atoms with E-state index in [1.165, 1.54) is 19.3 Å². The predicted molar refractivity (Wildman–Crippen MR) is 81.6 cm³/mol. The van der Waals surface area contributed by atoms with Crippen LogP contribution in [0.2, 0.25) is 0 Å². The van der Waals surface area contributed by atoms with Gasteiger partial charge in [-0.1, -0.05) is 38.3 Å². The Morgan fingerprint density at radius 1 is 1.25 bits per heavy atom. The van der Waals surface area contributed by atoms with Gasteiger partial charge in [0.2, 0.25) is 5.91 Å². The summed E-state index contributed by atoms with van der Waals surface area (Å²) < 4.78 is 5.68. The van der Waals surface area contributed by atoms with Gasteiger partial charge in [-0.15, -0.1) is 0 Å². The Bertz CT molecular complexity index is 390. The maximum Gasteiger partial charge on any atom is 0.234 e. The maximum absolute atomic E-state index is 10.9. The molecule has 0 saturated carbocycles. The van der Waals surface area contributed by atoms with Crippen LogP contribution >= 0.6 is 0 Å². The van der Waals surface area contributed by atoms with Crippen molar-refractivity contribution in [2.24, 2.45) is 5.73 Å². The average Bonchev–Trinajstić information content (AvgIpc) is 2.45. The zero-order valence-corrected chi connectivity index (χ0v) is 12.5. The molecule has 1 rings (SSSR count). The summed E-state index contributed by atoms with van der Waals surface area (Å²) in [5, 5.41) is 3.07. The number of carbonyl (C=O) groups is 1. The van der Waals surface area contributed by atoms with Gasteiger partial charge in [-0.3, -0.25) is 4.79 Å². The molecule has 112 valence electrons. The van der Waals surface area contributed by atoms with E-state index in [1.807, 2.05) is 24.3 Å². The third-order valence-electron chi connectivity index (χ3n) is 3.23. The molecule has 0 aromatic heterocycles. The summed E-state index contributed by atoms with van der Waals surface area (Å²) in [5.74, 6) is 0.560. The van der Waals surface area contributed by atoms with Gasteiger partial charge < -0.3 is 15.8 Å². The Kier molecular flexibility index (Phi) is 7.73. The first-order valence-corrected chi connectivity index (χ1v) is 7.38. The van der Waals surface area contributed by atoms with Crippen molar-refractivity contribution in [3.8, 4) is 5.75 Å². The normalized spacial score (nSPS) is 12.1. The van der Waals surface area contributed by atoms with E-state index >= 15 is 0 Å². The van der Waals surface area contributed by atoms with Crippen molar-refractivity contribution in [3.63, 3.8) is 0 Å². The fourth-order valence-corrected chi connectivity index (χ4v) is 1.79. The van der Waals surface area contributed by atoms with Crippen molar-refractivity contribution >= 4 is 5.91 Å². The molecule has 0 fully saturated rings. The van der Waals surface area contributed by atoms with E-state index in [9.17, 15) is 4.79 Å². The first-order valence-electron chi connectivity index (χ1n) is 7.38. The van der Waals surface area contributed by atoms with Crippen molar-refractivity contribution in [2.75, 3.05) is 6.61 Å². The van der Waals surface area contributed by atoms with Crippen LogP contribution in [0.4, 0.5) is 0 Å². The topological polar surface area (TPSA) is 64.3 Å². The summed E-state index contributed by atoms with van der Waals surface area (Å²) in [6.07, 6.45) is 4.84. The number of nitrogens with one attached hydrogen (secondary N) is 1. The Morgan fingerprint density at radius 3 is 2.55 bits per heavy atom. The molecule has 0 unspecified atom stereocenters. The number of hydrogen-bond donors (Lipinski definition) is 2. The molecule has 0 radical (unpaired) electrons. The number of rotatable bonds is 10. The monoisotopic (exact) mass is 278 g/mol. The molecule has 0 aliphatic rings. The first-order chi connectivity index (χ1) is 9.63. The summed E-state index contributed by atoms with van der Waals surface area (Å²) in [7, 11) is 0. The van der Waals surface area contributed by atoms with Crippen molar-refractivity contribution in [2.45, 2.75) is 52.1 Å². The molecular weight excluding hydrogens is 252 g/mol. The lowest BCUT2D eigenvalue weighted by Gasteiger charge is -2.11. The molecule has 0 saturated heterocycles. The van der Waals surface area contributed by atoms with Crippen LogP contribution in [0.15, 0.2) is 24.3 Å². The molecule has 0 spiro atoms. The van der Waals surface area contributed by atoms with Gasteiger partial charge in [0.25, 0.3) is 0 Å². The van der Waals surface area contributed by atoms with Crippen molar-refractivity contribution in [3.05, 3.63) is 29.8 Å². The molecule has 3 N–H and O–H groups in total. The average molecular weight is 278 g/mol. The van der Waals surface area contributed by atoms with Gasteiger partial charge in [-0.2, -0.15) is 0 Å². The third kappa shape index (κ3) is 6.57. The van der Waals surface area contributed by atoms with Crippen LogP contribution in [0.3, 0.4) is 0 Å². The molecule has 20 heavy (non-hydrogen) atoms. The Morgan fingerprint density at radius 2 is 1.95 bits per heavy atom.